The summed E-state index contributed by atoms with van der Waals surface area (Å²) in [6.45, 7) is 2.32. The molecule has 1 aliphatic heterocycles. The Kier molecular flexibility index (Phi) is 37.0. The van der Waals surface area contributed by atoms with Crippen molar-refractivity contribution in [2.75, 3.05) is 32.8 Å². The molecule has 13 amide bonds. The minimum Gasteiger partial charge on any atom is -0.481 e. The molecule has 1 aromatic heterocycles. The number of ether oxygens (including phenoxy) is 1. The standard InChI is InChI=1S/C68H100N16O21/c1-5-6-7-8-9-10-14-19-40(86)28-52(88)77-50(35-85)65(101)84-58-37(4)105-68(104)49(26-38-17-12-11-13-18-38)82-62(98)44(23-25-70)78-66(102)57(36(2)3)83-64(100)45(27-39-32-72-42-21-16-15-20-41(39)42)75-53(89)33-73-60(96)48(31-56(93)94)81-63(99)46(29-51(71)87)76-54(90)34-74-59(95)47(30-55(91)92)80-61(97)43(22-24-69)79-67(58)103/h11-13,15-18,20-21,32,36-37,40,43-50,57-58,72,85-86H,5-10,14,19,22-31,33-35,69-70H2,1-4H3,(H2,71,87)(H,73,96)(H,74,95)(H,75,89)(H,76,90)(H,77,88)(H,78,102)(H,79,103)(H,80,97)(H,81,99)(H,82,98)(H,83,100)(H,84,101)(H,91,92)(H,93,94)/t37-,40?,43?,44+,45+,46-,47+,48-,49?,50-,57?,58?/m1/s1. The van der Waals surface area contributed by atoms with Gasteiger partial charge in [0.05, 0.1) is 51.5 Å². The van der Waals surface area contributed by atoms with Gasteiger partial charge in [-0.3, -0.25) is 71.9 Å². The Morgan fingerprint density at radius 2 is 1.08 bits per heavy atom. The number of hydrogen-bond donors (Lipinski definition) is 20. The number of nitrogens with one attached hydrogen (secondary N) is 13. The van der Waals surface area contributed by atoms with E-state index in [1.165, 1.54) is 13.8 Å². The molecule has 37 nitrogen and oxygen atoms in total. The summed E-state index contributed by atoms with van der Waals surface area (Å²) in [5.41, 5.74) is 18.7. The number of hydrogen-bond acceptors (Lipinski definition) is 21. The number of carbonyl (C=O) groups excluding carboxylic acids is 14. The smallest absolute Gasteiger partial charge is 0.329 e. The van der Waals surface area contributed by atoms with Gasteiger partial charge in [-0.15, -0.1) is 0 Å². The molecule has 4 rings (SSSR count). The van der Waals surface area contributed by atoms with Gasteiger partial charge in [-0.2, -0.15) is 0 Å². The largest absolute Gasteiger partial charge is 0.481 e. The van der Waals surface area contributed by atoms with E-state index >= 15 is 0 Å². The number of amides is 13. The van der Waals surface area contributed by atoms with E-state index in [4.69, 9.17) is 21.9 Å². The lowest BCUT2D eigenvalue weighted by atomic mass is 10.00. The van der Waals surface area contributed by atoms with Gasteiger partial charge in [0.15, 0.2) is 0 Å². The van der Waals surface area contributed by atoms with Crippen molar-refractivity contribution in [3.63, 3.8) is 0 Å². The number of aromatic amines is 1. The number of carboxylic acids is 2. The molecule has 0 bridgehead atoms. The van der Waals surface area contributed by atoms with E-state index in [9.17, 15) is 97.1 Å². The molecule has 5 unspecified atom stereocenters. The highest BCUT2D eigenvalue weighted by molar-refractivity contribution is 6.01. The fourth-order valence-corrected chi connectivity index (χ4v) is 11.1. The molecule has 578 valence electrons. The average Bonchev–Trinajstić information content (AvgIpc) is 1.75. The number of aromatic nitrogens is 1. The number of benzene rings is 2. The van der Waals surface area contributed by atoms with Gasteiger partial charge in [-0.05, 0) is 62.4 Å². The van der Waals surface area contributed by atoms with E-state index < -0.39 is 232 Å². The van der Waals surface area contributed by atoms with Gasteiger partial charge in [0.2, 0.25) is 76.8 Å². The Hall–Kier alpha value is -10.7. The van der Waals surface area contributed by atoms with Gasteiger partial charge in [-0.25, -0.2) is 4.79 Å². The van der Waals surface area contributed by atoms with Crippen LogP contribution in [0.3, 0.4) is 0 Å². The summed E-state index contributed by atoms with van der Waals surface area (Å²) in [7, 11) is 0. The maximum Gasteiger partial charge on any atom is 0.329 e. The first-order valence-electron chi connectivity index (χ1n) is 34.6. The number of aliphatic hydroxyl groups is 2. The zero-order valence-corrected chi connectivity index (χ0v) is 59.1. The van der Waals surface area contributed by atoms with Crippen molar-refractivity contribution in [2.24, 2.45) is 23.1 Å². The molecule has 0 radical (unpaired) electrons. The van der Waals surface area contributed by atoms with Crippen LogP contribution in [0.4, 0.5) is 0 Å². The Labute approximate surface area is 605 Å². The number of primary amides is 1. The maximum atomic E-state index is 14.8. The van der Waals surface area contributed by atoms with Gasteiger partial charge in [0, 0.05) is 29.9 Å². The number of para-hydroxylation sites is 1. The van der Waals surface area contributed by atoms with Crippen molar-refractivity contribution in [2.45, 2.75) is 203 Å². The summed E-state index contributed by atoms with van der Waals surface area (Å²) < 4.78 is 5.86. The highest BCUT2D eigenvalue weighted by Crippen LogP contribution is 2.20. The molecule has 105 heavy (non-hydrogen) atoms. The zero-order valence-electron chi connectivity index (χ0n) is 59.1. The summed E-state index contributed by atoms with van der Waals surface area (Å²) in [5, 5.41) is 69.1. The predicted molar refractivity (Wildman–Crippen MR) is 374 cm³/mol. The summed E-state index contributed by atoms with van der Waals surface area (Å²) in [6, 6.07) is -3.53. The second-order valence-electron chi connectivity index (χ2n) is 25.7. The molecule has 1 saturated heterocycles. The first-order chi connectivity index (χ1) is 49.9. The monoisotopic (exact) mass is 1480 g/mol. The van der Waals surface area contributed by atoms with Gasteiger partial charge < -0.3 is 111 Å². The van der Waals surface area contributed by atoms with E-state index in [2.05, 4.69) is 70.4 Å². The average molecular weight is 1480 g/mol. The van der Waals surface area contributed by atoms with Crippen molar-refractivity contribution < 1.29 is 102 Å². The predicted octanol–water partition coefficient (Wildman–Crippen LogP) is -4.96. The number of rotatable bonds is 29. The molecular formula is C68H100N16O21. The fraction of sp³-hybridized carbons (Fsp3) is 0.559. The van der Waals surface area contributed by atoms with Crippen molar-refractivity contribution in [1.82, 2.24) is 68.8 Å². The van der Waals surface area contributed by atoms with E-state index in [0.717, 1.165) is 45.4 Å². The quantitative estimate of drug-likeness (QED) is 0.0229. The van der Waals surface area contributed by atoms with E-state index in [-0.39, 0.29) is 32.2 Å². The van der Waals surface area contributed by atoms with Gasteiger partial charge in [0.1, 0.15) is 66.5 Å². The molecule has 2 heterocycles. The minimum atomic E-state index is -2.14. The Bertz CT molecular complexity index is 3500. The van der Waals surface area contributed by atoms with Crippen molar-refractivity contribution in [1.29, 1.82) is 0 Å². The van der Waals surface area contributed by atoms with Crippen LogP contribution in [0.1, 0.15) is 129 Å². The SMILES string of the molecule is CCCCCCCCCC(O)CC(=O)N[C@H](CO)C(=O)NC1C(=O)NC(CCN)C(=O)N[C@@H](CC(=O)O)C(=O)NCC(=O)N[C@H](CC(N)=O)C(=O)N[C@H](CC(=O)O)C(=O)NCC(=O)N[C@@H](Cc2c[nH]c3ccccc23)C(=O)NC(C(C)C)C(=O)N[C@@H](CCN)C(=O)NC(Cc2ccccc2)C(=O)O[C@@H]1C. The zero-order chi connectivity index (χ0) is 77.9. The summed E-state index contributed by atoms with van der Waals surface area (Å²) in [5.74, 6) is -21.1. The van der Waals surface area contributed by atoms with Crippen molar-refractivity contribution in [3.05, 3.63) is 71.9 Å². The molecule has 23 N–H and O–H groups in total. The number of fused-ring (bicyclic) bond motifs is 1. The summed E-state index contributed by atoms with van der Waals surface area (Å²) in [6.07, 6.45) is -0.102. The second kappa shape index (κ2) is 44.8. The normalized spacial score (nSPS) is 22.8. The number of nitrogens with two attached hydrogens (primary N) is 3. The molecule has 12 atom stereocenters. The van der Waals surface area contributed by atoms with Crippen LogP contribution < -0.4 is 81.0 Å². The molecule has 0 saturated carbocycles. The van der Waals surface area contributed by atoms with Crippen LogP contribution in [0.15, 0.2) is 60.8 Å². The number of aliphatic hydroxyl groups excluding tert-OH is 2. The van der Waals surface area contributed by atoms with Gasteiger partial charge in [-0.1, -0.05) is 114 Å². The van der Waals surface area contributed by atoms with Crippen molar-refractivity contribution in [3.8, 4) is 0 Å². The van der Waals surface area contributed by atoms with E-state index in [1.54, 1.807) is 60.8 Å². The van der Waals surface area contributed by atoms with Gasteiger partial charge >= 0.3 is 17.9 Å². The molecule has 37 heteroatoms. The number of esters is 1. The number of H-pyrrole nitrogens is 1. The van der Waals surface area contributed by atoms with Gasteiger partial charge in [0.25, 0.3) is 0 Å². The lowest BCUT2D eigenvalue weighted by Crippen LogP contribution is -2.62. The third-order valence-corrected chi connectivity index (χ3v) is 16.7. The van der Waals surface area contributed by atoms with E-state index in [1.807, 2.05) is 5.32 Å². The molecular weight excluding hydrogens is 1380 g/mol. The number of aliphatic carboxylic acids is 2. The summed E-state index contributed by atoms with van der Waals surface area (Å²) >= 11 is 0. The number of unbranched alkanes of at least 4 members (excludes halogenated alkanes) is 6. The molecule has 3 aromatic rings. The summed E-state index contributed by atoms with van der Waals surface area (Å²) in [4.78, 5) is 223. The Balaban J connectivity index is 1.83. The maximum absolute atomic E-state index is 14.8. The van der Waals surface area contributed by atoms with Crippen molar-refractivity contribution >= 4 is 106 Å². The van der Waals surface area contributed by atoms with Crippen LogP contribution in [-0.2, 0) is 94.3 Å². The first-order valence-corrected chi connectivity index (χ1v) is 34.6. The molecule has 2 aromatic carbocycles. The first kappa shape index (κ1) is 86.7. The Morgan fingerprint density at radius 1 is 0.581 bits per heavy atom. The highest BCUT2D eigenvalue weighted by Gasteiger charge is 2.40. The Morgan fingerprint density at radius 3 is 1.62 bits per heavy atom. The third kappa shape index (κ3) is 30.3. The van der Waals surface area contributed by atoms with Crippen LogP contribution in [0.2, 0.25) is 0 Å². The van der Waals surface area contributed by atoms with Crippen LogP contribution in [0.5, 0.6) is 0 Å². The van der Waals surface area contributed by atoms with Crippen LogP contribution >= 0.6 is 0 Å². The minimum absolute atomic E-state index is 0.230. The molecule has 1 aliphatic rings. The lowest BCUT2D eigenvalue weighted by molar-refractivity contribution is -0.156. The van der Waals surface area contributed by atoms with Crippen LogP contribution in [0.25, 0.3) is 10.9 Å². The highest BCUT2D eigenvalue weighted by atomic mass is 16.5. The van der Waals surface area contributed by atoms with E-state index in [0.29, 0.717) is 28.5 Å². The molecule has 0 spiro atoms. The third-order valence-electron chi connectivity index (χ3n) is 16.7. The number of carboxylic acid groups (broad SMARTS) is 2. The van der Waals surface area contributed by atoms with Crippen LogP contribution in [-0.4, -0.2) is 226 Å². The fourth-order valence-electron chi connectivity index (χ4n) is 11.1. The molecule has 0 aliphatic carbocycles. The van der Waals surface area contributed by atoms with Crippen LogP contribution in [0, 0.1) is 5.92 Å². The topological polar surface area (TPSA) is 601 Å². The second-order valence-corrected chi connectivity index (χ2v) is 25.7. The number of cyclic esters (lactones) is 1. The molecule has 1 fully saturated rings. The lowest BCUT2D eigenvalue weighted by Gasteiger charge is -2.30. The number of carbonyl (C=O) groups is 16.